The van der Waals surface area contributed by atoms with Crippen molar-refractivity contribution < 1.29 is 4.79 Å². The van der Waals surface area contributed by atoms with Crippen molar-refractivity contribution in [1.82, 2.24) is 0 Å². The molecule has 1 aliphatic heterocycles. The predicted molar refractivity (Wildman–Crippen MR) is 110 cm³/mol. The van der Waals surface area contributed by atoms with Crippen LogP contribution in [0.3, 0.4) is 0 Å². The van der Waals surface area contributed by atoms with Crippen LogP contribution in [0.4, 0.5) is 17.1 Å². The molecule has 0 saturated carbocycles. The van der Waals surface area contributed by atoms with Gasteiger partial charge >= 0.3 is 0 Å². The van der Waals surface area contributed by atoms with Crippen molar-refractivity contribution in [3.8, 4) is 0 Å². The Morgan fingerprint density at radius 3 is 2.38 bits per heavy atom. The fourth-order valence-electron chi connectivity index (χ4n) is 3.82. The molecule has 2 atom stereocenters. The lowest BCUT2D eigenvalue weighted by molar-refractivity contribution is 0.102. The molecule has 0 aromatic heterocycles. The van der Waals surface area contributed by atoms with Gasteiger partial charge in [0.05, 0.1) is 11.4 Å². The van der Waals surface area contributed by atoms with Crippen LogP contribution in [-0.4, -0.2) is 19.0 Å². The highest BCUT2D eigenvalue weighted by Crippen LogP contribution is 2.33. The highest BCUT2D eigenvalue weighted by atomic mass is 35.5. The smallest absolute Gasteiger partial charge is 0.255 e. The maximum Gasteiger partial charge on any atom is 0.255 e. The number of hydrogen-bond donors (Lipinski definition) is 2. The maximum absolute atomic E-state index is 12.5. The Morgan fingerprint density at radius 1 is 1.15 bits per heavy atom. The minimum atomic E-state index is -0.191. The highest BCUT2D eigenvalue weighted by molar-refractivity contribution is 6.30. The topological polar surface area (TPSA) is 58.4 Å². The Hall–Kier alpha value is -2.20. The summed E-state index contributed by atoms with van der Waals surface area (Å²) in [4.78, 5) is 14.9. The Bertz CT molecular complexity index is 794. The van der Waals surface area contributed by atoms with Crippen molar-refractivity contribution in [2.75, 3.05) is 29.0 Å². The van der Waals surface area contributed by atoms with Crippen LogP contribution in [0.5, 0.6) is 0 Å². The Balaban J connectivity index is 1.86. The number of carbonyl (C=O) groups excluding carboxylic acids is 1. The lowest BCUT2D eigenvalue weighted by Gasteiger charge is -2.37. The van der Waals surface area contributed by atoms with Gasteiger partial charge in [0.2, 0.25) is 0 Å². The third-order valence-corrected chi connectivity index (χ3v) is 5.18. The van der Waals surface area contributed by atoms with Crippen LogP contribution in [0.1, 0.15) is 36.2 Å². The first-order chi connectivity index (χ1) is 12.3. The Morgan fingerprint density at radius 2 is 1.77 bits per heavy atom. The third-order valence-electron chi connectivity index (χ3n) is 4.93. The minimum absolute atomic E-state index is 0.191. The van der Waals surface area contributed by atoms with E-state index in [1.54, 1.807) is 24.3 Å². The lowest BCUT2D eigenvalue weighted by atomic mass is 9.91. The number of nitrogens with zero attached hydrogens (tertiary/aromatic N) is 1. The van der Waals surface area contributed by atoms with Crippen LogP contribution in [0.25, 0.3) is 0 Å². The second kappa shape index (κ2) is 7.58. The molecular weight excluding hydrogens is 346 g/mol. The maximum atomic E-state index is 12.5. The first-order valence-corrected chi connectivity index (χ1v) is 9.43. The number of aryl methyl sites for hydroxylation is 1. The zero-order valence-electron chi connectivity index (χ0n) is 15.6. The van der Waals surface area contributed by atoms with E-state index in [4.69, 9.17) is 17.3 Å². The number of piperidine rings is 1. The lowest BCUT2D eigenvalue weighted by Crippen LogP contribution is -2.39. The molecule has 0 aliphatic carbocycles. The highest BCUT2D eigenvalue weighted by Gasteiger charge is 2.24. The summed E-state index contributed by atoms with van der Waals surface area (Å²) < 4.78 is 0. The molecular formula is C21H26ClN3O. The van der Waals surface area contributed by atoms with Crippen molar-refractivity contribution in [2.24, 2.45) is 11.8 Å². The molecule has 26 heavy (non-hydrogen) atoms. The van der Waals surface area contributed by atoms with Gasteiger partial charge < -0.3 is 16.0 Å². The summed E-state index contributed by atoms with van der Waals surface area (Å²) in [7, 11) is 0. The van der Waals surface area contributed by atoms with Gasteiger partial charge in [-0.3, -0.25) is 4.79 Å². The number of anilines is 3. The number of halogens is 1. The van der Waals surface area contributed by atoms with E-state index in [0.717, 1.165) is 24.3 Å². The molecule has 5 heteroatoms. The molecule has 2 unspecified atom stereocenters. The summed E-state index contributed by atoms with van der Waals surface area (Å²) in [6, 6.07) is 10.8. The third kappa shape index (κ3) is 4.13. The summed E-state index contributed by atoms with van der Waals surface area (Å²) in [6.07, 6.45) is 1.25. The normalized spacial score (nSPS) is 20.1. The van der Waals surface area contributed by atoms with E-state index in [2.05, 4.69) is 31.0 Å². The van der Waals surface area contributed by atoms with Gasteiger partial charge in [-0.15, -0.1) is 0 Å². The first kappa shape index (κ1) is 18.6. The van der Waals surface area contributed by atoms with E-state index in [1.807, 2.05) is 12.1 Å². The van der Waals surface area contributed by atoms with Crippen LogP contribution in [-0.2, 0) is 0 Å². The minimum Gasteiger partial charge on any atom is -0.397 e. The molecule has 2 aromatic carbocycles. The van der Waals surface area contributed by atoms with Gasteiger partial charge in [-0.05, 0) is 67.1 Å². The molecule has 1 aliphatic rings. The average Bonchev–Trinajstić information content (AvgIpc) is 2.57. The van der Waals surface area contributed by atoms with Crippen molar-refractivity contribution in [3.63, 3.8) is 0 Å². The van der Waals surface area contributed by atoms with Crippen LogP contribution < -0.4 is 16.0 Å². The summed E-state index contributed by atoms with van der Waals surface area (Å²) in [5.41, 5.74) is 10.2. The molecule has 0 radical (unpaired) electrons. The molecule has 4 nitrogen and oxygen atoms in total. The molecule has 2 aromatic rings. The van der Waals surface area contributed by atoms with Gasteiger partial charge in [-0.25, -0.2) is 0 Å². The van der Waals surface area contributed by atoms with Crippen molar-refractivity contribution >= 4 is 34.6 Å². The van der Waals surface area contributed by atoms with Gasteiger partial charge in [0, 0.05) is 29.4 Å². The standard InChI is InChI=1S/C21H26ClN3O/c1-13-8-14(2)12-25(11-13)20-10-19(18(23)9-15(20)3)24-21(26)16-4-6-17(22)7-5-16/h4-7,9-10,13-14H,8,11-12,23H2,1-3H3,(H,24,26). The number of rotatable bonds is 3. The first-order valence-electron chi connectivity index (χ1n) is 9.05. The van der Waals surface area contributed by atoms with E-state index < -0.39 is 0 Å². The average molecular weight is 372 g/mol. The van der Waals surface area contributed by atoms with Gasteiger partial charge in [0.25, 0.3) is 5.91 Å². The predicted octanol–water partition coefficient (Wildman–Crippen LogP) is 4.97. The second-order valence-corrected chi connectivity index (χ2v) is 7.97. The fourth-order valence-corrected chi connectivity index (χ4v) is 3.95. The van der Waals surface area contributed by atoms with E-state index in [-0.39, 0.29) is 5.91 Å². The van der Waals surface area contributed by atoms with Crippen molar-refractivity contribution in [1.29, 1.82) is 0 Å². The van der Waals surface area contributed by atoms with Gasteiger partial charge in [0.1, 0.15) is 0 Å². The molecule has 1 heterocycles. The van der Waals surface area contributed by atoms with E-state index in [9.17, 15) is 4.79 Å². The van der Waals surface area contributed by atoms with Crippen LogP contribution in [0.2, 0.25) is 5.02 Å². The molecule has 0 bridgehead atoms. The SMILES string of the molecule is Cc1cc(N)c(NC(=O)c2ccc(Cl)cc2)cc1N1CC(C)CC(C)C1. The summed E-state index contributed by atoms with van der Waals surface area (Å²) >= 11 is 5.89. The zero-order chi connectivity index (χ0) is 18.8. The van der Waals surface area contributed by atoms with E-state index in [1.165, 1.54) is 6.42 Å². The van der Waals surface area contributed by atoms with Crippen LogP contribution >= 0.6 is 11.6 Å². The number of nitrogens with one attached hydrogen (secondary N) is 1. The number of nitrogens with two attached hydrogens (primary N) is 1. The molecule has 3 N–H and O–H groups in total. The van der Waals surface area contributed by atoms with Gasteiger partial charge in [-0.2, -0.15) is 0 Å². The molecule has 1 fully saturated rings. The molecule has 1 saturated heterocycles. The van der Waals surface area contributed by atoms with Crippen molar-refractivity contribution in [3.05, 3.63) is 52.5 Å². The molecule has 1 amide bonds. The number of carbonyl (C=O) groups is 1. The van der Waals surface area contributed by atoms with Crippen LogP contribution in [0, 0.1) is 18.8 Å². The number of amides is 1. The van der Waals surface area contributed by atoms with E-state index in [0.29, 0.717) is 33.8 Å². The van der Waals surface area contributed by atoms with Gasteiger partial charge in [-0.1, -0.05) is 25.4 Å². The zero-order valence-corrected chi connectivity index (χ0v) is 16.3. The number of hydrogen-bond acceptors (Lipinski definition) is 3. The monoisotopic (exact) mass is 371 g/mol. The summed E-state index contributed by atoms with van der Waals surface area (Å²) in [6.45, 7) is 8.71. The number of nitrogen functional groups attached to an aromatic ring is 1. The Kier molecular flexibility index (Phi) is 5.42. The van der Waals surface area contributed by atoms with E-state index >= 15 is 0 Å². The quantitative estimate of drug-likeness (QED) is 0.749. The van der Waals surface area contributed by atoms with Crippen LogP contribution in [0.15, 0.2) is 36.4 Å². The summed E-state index contributed by atoms with van der Waals surface area (Å²) in [5.74, 6) is 1.12. The molecule has 0 spiro atoms. The second-order valence-electron chi connectivity index (χ2n) is 7.54. The fraction of sp³-hybridized carbons (Fsp3) is 0.381. The molecule has 138 valence electrons. The summed E-state index contributed by atoms with van der Waals surface area (Å²) in [5, 5.41) is 3.55. The number of benzene rings is 2. The van der Waals surface area contributed by atoms with Crippen molar-refractivity contribution in [2.45, 2.75) is 27.2 Å². The molecule has 3 rings (SSSR count). The Labute approximate surface area is 160 Å². The van der Waals surface area contributed by atoms with Gasteiger partial charge in [0.15, 0.2) is 0 Å². The largest absolute Gasteiger partial charge is 0.397 e.